The van der Waals surface area contributed by atoms with Gasteiger partial charge >= 0.3 is 0 Å². The molecule has 21 heavy (non-hydrogen) atoms. The molecule has 0 bridgehead atoms. The average Bonchev–Trinajstić information content (AvgIpc) is 2.52. The van der Waals surface area contributed by atoms with E-state index in [1.807, 2.05) is 18.2 Å². The number of nitrogen functional groups attached to an aromatic ring is 1. The zero-order valence-corrected chi connectivity index (χ0v) is 12.9. The van der Waals surface area contributed by atoms with Gasteiger partial charge in [-0.15, -0.1) is 0 Å². The summed E-state index contributed by atoms with van der Waals surface area (Å²) in [6, 6.07) is 10.1. The molecule has 1 aliphatic heterocycles. The fourth-order valence-corrected chi connectivity index (χ4v) is 3.14. The first-order valence-corrected chi connectivity index (χ1v) is 7.82. The molecule has 1 aromatic heterocycles. The van der Waals surface area contributed by atoms with Gasteiger partial charge in [-0.05, 0) is 19.2 Å². The minimum atomic E-state index is 0.677. The number of nitrogens with zero attached hydrogens (tertiary/aromatic N) is 4. The number of anilines is 2. The molecular weight excluding hydrogens is 282 g/mol. The van der Waals surface area contributed by atoms with Crippen LogP contribution in [-0.2, 0) is 0 Å². The van der Waals surface area contributed by atoms with E-state index < -0.39 is 0 Å². The molecule has 0 saturated carbocycles. The van der Waals surface area contributed by atoms with Crippen LogP contribution < -0.4 is 10.6 Å². The number of piperazine rings is 1. The second kappa shape index (κ2) is 6.32. The maximum absolute atomic E-state index is 6.30. The van der Waals surface area contributed by atoms with Crippen LogP contribution in [0.1, 0.15) is 0 Å². The van der Waals surface area contributed by atoms with Crippen LogP contribution in [0.4, 0.5) is 11.5 Å². The predicted octanol–water partition coefficient (Wildman–Crippen LogP) is 1.96. The van der Waals surface area contributed by atoms with Crippen LogP contribution in [0, 0.1) is 0 Å². The van der Waals surface area contributed by atoms with Crippen molar-refractivity contribution in [2.24, 2.45) is 0 Å². The molecule has 2 aromatic rings. The fourth-order valence-electron chi connectivity index (χ4n) is 2.32. The van der Waals surface area contributed by atoms with Crippen LogP contribution in [0.2, 0.25) is 0 Å². The third-order valence-electron chi connectivity index (χ3n) is 3.59. The fraction of sp³-hybridized carbons (Fsp3) is 0.333. The maximum atomic E-state index is 6.30. The van der Waals surface area contributed by atoms with E-state index in [4.69, 9.17) is 5.73 Å². The van der Waals surface area contributed by atoms with Crippen LogP contribution in [0.3, 0.4) is 0 Å². The largest absolute Gasteiger partial charge is 0.394 e. The van der Waals surface area contributed by atoms with Crippen molar-refractivity contribution in [2.45, 2.75) is 9.92 Å². The highest BCUT2D eigenvalue weighted by Crippen LogP contribution is 2.34. The predicted molar refractivity (Wildman–Crippen MR) is 86.7 cm³/mol. The smallest absolute Gasteiger partial charge is 0.156 e. The van der Waals surface area contributed by atoms with Gasteiger partial charge in [-0.3, -0.25) is 0 Å². The van der Waals surface area contributed by atoms with E-state index in [0.29, 0.717) is 5.69 Å². The number of likely N-dealkylation sites (N-methyl/N-ethyl adjacent to an activating group) is 1. The third-order valence-corrected chi connectivity index (χ3v) is 4.61. The van der Waals surface area contributed by atoms with E-state index in [0.717, 1.165) is 41.9 Å². The Balaban J connectivity index is 1.82. The molecule has 5 nitrogen and oxygen atoms in total. The van der Waals surface area contributed by atoms with Crippen LogP contribution in [0.25, 0.3) is 0 Å². The highest BCUT2D eigenvalue weighted by molar-refractivity contribution is 7.99. The lowest BCUT2D eigenvalue weighted by Crippen LogP contribution is -2.45. The van der Waals surface area contributed by atoms with E-state index in [1.54, 1.807) is 18.1 Å². The summed E-state index contributed by atoms with van der Waals surface area (Å²) in [5.41, 5.74) is 6.97. The number of nitrogens with two attached hydrogens (primary N) is 1. The van der Waals surface area contributed by atoms with Gasteiger partial charge in [0.2, 0.25) is 0 Å². The minimum Gasteiger partial charge on any atom is -0.394 e. The van der Waals surface area contributed by atoms with Crippen molar-refractivity contribution in [1.29, 1.82) is 0 Å². The lowest BCUT2D eigenvalue weighted by molar-refractivity contribution is 0.312. The molecule has 1 fully saturated rings. The molecule has 110 valence electrons. The van der Waals surface area contributed by atoms with Gasteiger partial charge in [0.25, 0.3) is 0 Å². The molecule has 1 aromatic carbocycles. The summed E-state index contributed by atoms with van der Waals surface area (Å²) in [5, 5.41) is 0.824. The molecule has 0 atom stereocenters. The SMILES string of the molecule is CN1CCN(c2ncnc(Sc3ccccc3)c2N)CC1. The molecular formula is C15H19N5S. The number of hydrogen-bond donors (Lipinski definition) is 1. The summed E-state index contributed by atoms with van der Waals surface area (Å²) in [7, 11) is 2.14. The number of hydrogen-bond acceptors (Lipinski definition) is 6. The average molecular weight is 301 g/mol. The zero-order chi connectivity index (χ0) is 14.7. The first-order chi connectivity index (χ1) is 10.2. The molecule has 3 rings (SSSR count). The molecule has 2 N–H and O–H groups in total. The monoisotopic (exact) mass is 301 g/mol. The molecule has 6 heteroatoms. The Hall–Kier alpha value is -1.79. The Bertz CT molecular complexity index is 596. The van der Waals surface area contributed by atoms with Crippen molar-refractivity contribution in [3.05, 3.63) is 36.7 Å². The lowest BCUT2D eigenvalue weighted by atomic mass is 10.3. The summed E-state index contributed by atoms with van der Waals surface area (Å²) in [5.74, 6) is 0.858. The van der Waals surface area contributed by atoms with Gasteiger partial charge in [0.15, 0.2) is 5.82 Å². The van der Waals surface area contributed by atoms with Crippen LogP contribution >= 0.6 is 11.8 Å². The van der Waals surface area contributed by atoms with E-state index in [9.17, 15) is 0 Å². The Morgan fingerprint density at radius 1 is 1.05 bits per heavy atom. The quantitative estimate of drug-likeness (QED) is 0.875. The van der Waals surface area contributed by atoms with Gasteiger partial charge in [-0.1, -0.05) is 30.0 Å². The van der Waals surface area contributed by atoms with Gasteiger partial charge in [0.1, 0.15) is 17.0 Å². The van der Waals surface area contributed by atoms with Crippen molar-refractivity contribution >= 4 is 23.3 Å². The van der Waals surface area contributed by atoms with Gasteiger partial charge < -0.3 is 15.5 Å². The van der Waals surface area contributed by atoms with Crippen LogP contribution in [-0.4, -0.2) is 48.1 Å². The second-order valence-corrected chi connectivity index (χ2v) is 6.18. The Labute approximate surface area is 129 Å². The highest BCUT2D eigenvalue weighted by atomic mass is 32.2. The topological polar surface area (TPSA) is 58.3 Å². The molecule has 2 heterocycles. The highest BCUT2D eigenvalue weighted by Gasteiger charge is 2.19. The van der Waals surface area contributed by atoms with Gasteiger partial charge in [-0.25, -0.2) is 9.97 Å². The summed E-state index contributed by atoms with van der Waals surface area (Å²) >= 11 is 1.58. The lowest BCUT2D eigenvalue weighted by Gasteiger charge is -2.33. The first-order valence-electron chi connectivity index (χ1n) is 7.01. The molecule has 1 saturated heterocycles. The summed E-state index contributed by atoms with van der Waals surface area (Å²) in [4.78, 5) is 14.4. The summed E-state index contributed by atoms with van der Waals surface area (Å²) < 4.78 is 0. The molecule has 0 amide bonds. The van der Waals surface area contributed by atoms with E-state index >= 15 is 0 Å². The third kappa shape index (κ3) is 3.28. The summed E-state index contributed by atoms with van der Waals surface area (Å²) in [6.45, 7) is 3.97. The van der Waals surface area contributed by atoms with Gasteiger partial charge in [0, 0.05) is 31.1 Å². The molecule has 0 spiro atoms. The zero-order valence-electron chi connectivity index (χ0n) is 12.1. The first kappa shape index (κ1) is 14.2. The molecule has 0 unspecified atom stereocenters. The molecule has 0 aliphatic carbocycles. The molecule has 0 radical (unpaired) electrons. The minimum absolute atomic E-state index is 0.677. The standard InChI is InChI=1S/C15H19N5S/c1-19-7-9-20(10-8-19)14-13(16)15(18-11-17-14)21-12-5-3-2-4-6-12/h2-6,11H,7-10,16H2,1H3. The Morgan fingerprint density at radius 2 is 1.76 bits per heavy atom. The Kier molecular flexibility index (Phi) is 4.26. The Morgan fingerprint density at radius 3 is 2.48 bits per heavy atom. The van der Waals surface area contributed by atoms with Crippen molar-refractivity contribution in [1.82, 2.24) is 14.9 Å². The van der Waals surface area contributed by atoms with Gasteiger partial charge in [0.05, 0.1) is 0 Å². The van der Waals surface area contributed by atoms with E-state index in [2.05, 4.69) is 38.9 Å². The van der Waals surface area contributed by atoms with E-state index in [1.165, 1.54) is 0 Å². The van der Waals surface area contributed by atoms with Crippen molar-refractivity contribution in [3.8, 4) is 0 Å². The van der Waals surface area contributed by atoms with Crippen molar-refractivity contribution < 1.29 is 0 Å². The van der Waals surface area contributed by atoms with Gasteiger partial charge in [-0.2, -0.15) is 0 Å². The normalized spacial score (nSPS) is 16.1. The second-order valence-electron chi connectivity index (χ2n) is 5.12. The summed E-state index contributed by atoms with van der Waals surface area (Å²) in [6.07, 6.45) is 1.61. The van der Waals surface area contributed by atoms with Crippen molar-refractivity contribution in [2.75, 3.05) is 43.9 Å². The number of aromatic nitrogens is 2. The molecule has 1 aliphatic rings. The van der Waals surface area contributed by atoms with Crippen LogP contribution in [0.5, 0.6) is 0 Å². The van der Waals surface area contributed by atoms with E-state index in [-0.39, 0.29) is 0 Å². The number of rotatable bonds is 3. The number of benzene rings is 1. The van der Waals surface area contributed by atoms with Crippen LogP contribution in [0.15, 0.2) is 46.6 Å². The maximum Gasteiger partial charge on any atom is 0.156 e. The van der Waals surface area contributed by atoms with Crippen molar-refractivity contribution in [3.63, 3.8) is 0 Å².